The van der Waals surface area contributed by atoms with Gasteiger partial charge in [0, 0.05) is 22.8 Å². The topological polar surface area (TPSA) is 98.0 Å². The summed E-state index contributed by atoms with van der Waals surface area (Å²) in [6, 6.07) is 5.32. The first-order chi connectivity index (χ1) is 8.49. The second-order valence-corrected chi connectivity index (χ2v) is 4.29. The Bertz CT molecular complexity index is 734. The van der Waals surface area contributed by atoms with E-state index in [2.05, 4.69) is 15.9 Å². The van der Waals surface area contributed by atoms with Crippen molar-refractivity contribution in [1.29, 1.82) is 0 Å². The highest BCUT2D eigenvalue weighted by molar-refractivity contribution is 9.10. The van der Waals surface area contributed by atoms with E-state index in [0.29, 0.717) is 4.47 Å². The molecule has 0 aliphatic heterocycles. The third kappa shape index (κ3) is 2.23. The number of H-pyrrole nitrogens is 1. The van der Waals surface area contributed by atoms with E-state index < -0.39 is 16.2 Å². The molecule has 18 heavy (non-hydrogen) atoms. The van der Waals surface area contributed by atoms with Crippen molar-refractivity contribution < 1.29 is 4.92 Å². The lowest BCUT2D eigenvalue weighted by Gasteiger charge is -2.05. The number of nitro benzene ring substituents is 1. The molecule has 7 nitrogen and oxygen atoms in total. The monoisotopic (exact) mass is 311 g/mol. The zero-order valence-electron chi connectivity index (χ0n) is 8.79. The van der Waals surface area contributed by atoms with E-state index in [4.69, 9.17) is 0 Å². The van der Waals surface area contributed by atoms with Gasteiger partial charge in [0.2, 0.25) is 0 Å². The highest BCUT2D eigenvalue weighted by atomic mass is 79.9. The van der Waals surface area contributed by atoms with Crippen molar-refractivity contribution in [2.45, 2.75) is 0 Å². The number of aromatic nitrogens is 2. The summed E-state index contributed by atoms with van der Waals surface area (Å²) < 4.78 is 1.59. The number of nitro groups is 1. The van der Waals surface area contributed by atoms with E-state index in [-0.39, 0.29) is 11.4 Å². The molecule has 0 spiro atoms. The van der Waals surface area contributed by atoms with Gasteiger partial charge in [-0.3, -0.25) is 24.5 Å². The molecule has 0 saturated carbocycles. The number of halogens is 1. The lowest BCUT2D eigenvalue weighted by Crippen LogP contribution is -2.27. The number of aromatic amines is 1. The second-order valence-electron chi connectivity index (χ2n) is 3.37. The lowest BCUT2D eigenvalue weighted by molar-refractivity contribution is -0.384. The molecule has 0 unspecified atom stereocenters. The fraction of sp³-hybridized carbons (Fsp3) is 0. The van der Waals surface area contributed by atoms with Crippen LogP contribution < -0.4 is 11.2 Å². The first-order valence-electron chi connectivity index (χ1n) is 4.75. The highest BCUT2D eigenvalue weighted by Gasteiger charge is 2.16. The quantitative estimate of drug-likeness (QED) is 0.665. The minimum atomic E-state index is -0.733. The predicted molar refractivity (Wildman–Crippen MR) is 67.0 cm³/mol. The van der Waals surface area contributed by atoms with Crippen LogP contribution in [0.2, 0.25) is 0 Å². The molecule has 0 aliphatic carbocycles. The molecule has 8 heteroatoms. The Labute approximate surface area is 108 Å². The van der Waals surface area contributed by atoms with E-state index in [0.717, 1.165) is 10.6 Å². The SMILES string of the molecule is O=c1ccn(-c2cc(Br)ccc2[N+](=O)[O-])c(=O)[nH]1. The minimum Gasteiger partial charge on any atom is -0.274 e. The average Bonchev–Trinajstić information content (AvgIpc) is 2.28. The fourth-order valence-corrected chi connectivity index (χ4v) is 1.80. The van der Waals surface area contributed by atoms with Crippen molar-refractivity contribution in [2.24, 2.45) is 0 Å². The van der Waals surface area contributed by atoms with Gasteiger partial charge >= 0.3 is 5.69 Å². The van der Waals surface area contributed by atoms with Gasteiger partial charge in [0.05, 0.1) is 4.92 Å². The maximum Gasteiger partial charge on any atom is 0.333 e. The summed E-state index contributed by atoms with van der Waals surface area (Å²) in [5.74, 6) is 0. The normalized spacial score (nSPS) is 10.3. The van der Waals surface area contributed by atoms with Gasteiger partial charge < -0.3 is 0 Å². The third-order valence-electron chi connectivity index (χ3n) is 2.22. The lowest BCUT2D eigenvalue weighted by atomic mass is 10.2. The first-order valence-corrected chi connectivity index (χ1v) is 5.54. The molecule has 0 saturated heterocycles. The predicted octanol–water partition coefficient (Wildman–Crippen LogP) is 1.20. The van der Waals surface area contributed by atoms with Gasteiger partial charge in [-0.2, -0.15) is 0 Å². The van der Waals surface area contributed by atoms with Crippen LogP contribution in [0.3, 0.4) is 0 Å². The summed E-state index contributed by atoms with van der Waals surface area (Å²) in [7, 11) is 0. The van der Waals surface area contributed by atoms with Gasteiger partial charge in [-0.1, -0.05) is 15.9 Å². The maximum atomic E-state index is 11.6. The van der Waals surface area contributed by atoms with E-state index in [9.17, 15) is 19.7 Å². The molecule has 0 aliphatic rings. The summed E-state index contributed by atoms with van der Waals surface area (Å²) in [5.41, 5.74) is -1.44. The number of benzene rings is 1. The van der Waals surface area contributed by atoms with Crippen LogP contribution in [-0.2, 0) is 0 Å². The van der Waals surface area contributed by atoms with Gasteiger partial charge in [0.15, 0.2) is 0 Å². The molecule has 0 bridgehead atoms. The average molecular weight is 312 g/mol. The molecular weight excluding hydrogens is 306 g/mol. The van der Waals surface area contributed by atoms with E-state index in [1.165, 1.54) is 24.4 Å². The Morgan fingerprint density at radius 2 is 2.00 bits per heavy atom. The first kappa shape index (κ1) is 12.2. The van der Waals surface area contributed by atoms with Crippen LogP contribution >= 0.6 is 15.9 Å². The van der Waals surface area contributed by atoms with Gasteiger partial charge in [-0.05, 0) is 12.1 Å². The molecule has 0 radical (unpaired) electrons. The Balaban J connectivity index is 2.77. The minimum absolute atomic E-state index is 0.0793. The summed E-state index contributed by atoms with van der Waals surface area (Å²) >= 11 is 3.17. The Morgan fingerprint density at radius 3 is 2.61 bits per heavy atom. The highest BCUT2D eigenvalue weighted by Crippen LogP contribution is 2.25. The van der Waals surface area contributed by atoms with Crippen LogP contribution in [0.25, 0.3) is 5.69 Å². The van der Waals surface area contributed by atoms with E-state index in [1.54, 1.807) is 0 Å². The summed E-state index contributed by atoms with van der Waals surface area (Å²) in [5, 5.41) is 10.9. The summed E-state index contributed by atoms with van der Waals surface area (Å²) in [6.07, 6.45) is 1.19. The zero-order chi connectivity index (χ0) is 13.3. The molecular formula is C10H6BrN3O4. The van der Waals surface area contributed by atoms with Crippen LogP contribution in [0.1, 0.15) is 0 Å². The van der Waals surface area contributed by atoms with E-state index >= 15 is 0 Å². The van der Waals surface area contributed by atoms with Crippen molar-refractivity contribution in [2.75, 3.05) is 0 Å². The van der Waals surface area contributed by atoms with Crippen LogP contribution in [0.5, 0.6) is 0 Å². The van der Waals surface area contributed by atoms with Crippen LogP contribution in [0, 0.1) is 10.1 Å². The molecule has 2 rings (SSSR count). The third-order valence-corrected chi connectivity index (χ3v) is 2.71. The van der Waals surface area contributed by atoms with Gasteiger partial charge in [-0.15, -0.1) is 0 Å². The van der Waals surface area contributed by atoms with Crippen molar-refractivity contribution in [3.05, 3.63) is 65.9 Å². The van der Waals surface area contributed by atoms with Crippen molar-refractivity contribution in [3.63, 3.8) is 0 Å². The Kier molecular flexibility index (Phi) is 3.11. The molecule has 1 aromatic carbocycles. The molecule has 0 fully saturated rings. The molecule has 1 N–H and O–H groups in total. The number of hydrogen-bond acceptors (Lipinski definition) is 4. The number of hydrogen-bond donors (Lipinski definition) is 1. The smallest absolute Gasteiger partial charge is 0.274 e. The standard InChI is InChI=1S/C10H6BrN3O4/c11-6-1-2-7(14(17)18)8(5-6)13-4-3-9(15)12-10(13)16/h1-5H,(H,12,15,16). The van der Waals surface area contributed by atoms with Gasteiger partial charge in [0.25, 0.3) is 11.2 Å². The molecule has 0 atom stereocenters. The summed E-state index contributed by atoms with van der Waals surface area (Å²) in [4.78, 5) is 34.9. The van der Waals surface area contributed by atoms with Crippen molar-refractivity contribution in [1.82, 2.24) is 9.55 Å². The number of rotatable bonds is 2. The number of nitrogens with one attached hydrogen (secondary N) is 1. The number of nitrogens with zero attached hydrogens (tertiary/aromatic N) is 2. The zero-order valence-corrected chi connectivity index (χ0v) is 10.4. The van der Waals surface area contributed by atoms with Crippen molar-refractivity contribution >= 4 is 21.6 Å². The molecule has 92 valence electrons. The van der Waals surface area contributed by atoms with Crippen LogP contribution in [-0.4, -0.2) is 14.5 Å². The Morgan fingerprint density at radius 1 is 1.28 bits per heavy atom. The van der Waals surface area contributed by atoms with Gasteiger partial charge in [-0.25, -0.2) is 4.79 Å². The molecule has 1 heterocycles. The molecule has 2 aromatic rings. The van der Waals surface area contributed by atoms with Gasteiger partial charge in [0.1, 0.15) is 5.69 Å². The Hall–Kier alpha value is -2.22. The maximum absolute atomic E-state index is 11.6. The van der Waals surface area contributed by atoms with Crippen LogP contribution in [0.15, 0.2) is 44.5 Å². The summed E-state index contributed by atoms with van der Waals surface area (Å²) in [6.45, 7) is 0. The second kappa shape index (κ2) is 4.57. The largest absolute Gasteiger partial charge is 0.333 e. The van der Waals surface area contributed by atoms with Crippen molar-refractivity contribution in [3.8, 4) is 5.69 Å². The molecule has 1 aromatic heterocycles. The van der Waals surface area contributed by atoms with E-state index in [1.807, 2.05) is 4.98 Å². The van der Waals surface area contributed by atoms with Crippen LogP contribution in [0.4, 0.5) is 5.69 Å². The fourth-order valence-electron chi connectivity index (χ4n) is 1.45. The molecule has 0 amide bonds.